The van der Waals surface area contributed by atoms with E-state index >= 15 is 0 Å². The van der Waals surface area contributed by atoms with Gasteiger partial charge >= 0.3 is 6.41 Å². The summed E-state index contributed by atoms with van der Waals surface area (Å²) in [4.78, 5) is 13.9. The van der Waals surface area contributed by atoms with Crippen LogP contribution in [0, 0.1) is 0 Å². The summed E-state index contributed by atoms with van der Waals surface area (Å²) in [5, 5.41) is 0. The van der Waals surface area contributed by atoms with Crippen molar-refractivity contribution in [2.45, 2.75) is 20.0 Å². The molecule has 0 spiro atoms. The largest absolute Gasteiger partial charge is 0.335 e. The minimum Gasteiger partial charge on any atom is -0.271 e. The van der Waals surface area contributed by atoms with Gasteiger partial charge in [0.15, 0.2) is 0 Å². The van der Waals surface area contributed by atoms with E-state index < -0.39 is 0 Å². The Morgan fingerprint density at radius 1 is 1.71 bits per heavy atom. The first-order valence-corrected chi connectivity index (χ1v) is 2.05. The summed E-state index contributed by atoms with van der Waals surface area (Å²) < 4.78 is 0. The van der Waals surface area contributed by atoms with Gasteiger partial charge in [-0.2, -0.15) is 0 Å². The van der Waals surface area contributed by atoms with E-state index in [9.17, 15) is 4.79 Å². The van der Waals surface area contributed by atoms with Gasteiger partial charge in [0.25, 0.3) is 0 Å². The fraction of sp³-hybridized carbons (Fsp3) is 0.750. The van der Waals surface area contributed by atoms with Gasteiger partial charge in [0.1, 0.15) is 0 Å². The molecule has 0 aliphatic heterocycles. The number of hydroxylamine groups is 1. The SMILES string of the molecule is CC(C)ON[C]=O. The van der Waals surface area contributed by atoms with E-state index in [1.165, 1.54) is 6.41 Å². The van der Waals surface area contributed by atoms with Gasteiger partial charge in [0.05, 0.1) is 6.10 Å². The molecule has 0 aliphatic rings. The standard InChI is InChI=1S/C4H8NO2/c1-4(2)7-5-3-6/h4H,1-2H3,(H,5,6). The zero-order chi connectivity index (χ0) is 5.70. The number of rotatable bonds is 3. The second-order valence-electron chi connectivity index (χ2n) is 1.37. The number of nitrogens with one attached hydrogen (secondary N) is 1. The third-order valence-electron chi connectivity index (χ3n) is 0.336. The van der Waals surface area contributed by atoms with Crippen molar-refractivity contribution >= 4 is 6.41 Å². The van der Waals surface area contributed by atoms with E-state index in [0.29, 0.717) is 0 Å². The smallest absolute Gasteiger partial charge is 0.271 e. The lowest BCUT2D eigenvalue weighted by Gasteiger charge is -2.00. The summed E-state index contributed by atoms with van der Waals surface area (Å²) >= 11 is 0. The van der Waals surface area contributed by atoms with Crippen molar-refractivity contribution in [3.8, 4) is 0 Å². The molecule has 0 aromatic heterocycles. The van der Waals surface area contributed by atoms with Gasteiger partial charge in [-0.25, -0.2) is 5.48 Å². The highest BCUT2D eigenvalue weighted by Gasteiger charge is 1.87. The minimum absolute atomic E-state index is 0.0291. The molecule has 1 amide bonds. The van der Waals surface area contributed by atoms with Crippen LogP contribution in [0.5, 0.6) is 0 Å². The molecule has 0 aromatic carbocycles. The average molecular weight is 102 g/mol. The molecule has 1 radical (unpaired) electrons. The van der Waals surface area contributed by atoms with Crippen LogP contribution in [-0.4, -0.2) is 12.5 Å². The van der Waals surface area contributed by atoms with Crippen LogP contribution in [0.1, 0.15) is 13.8 Å². The Hall–Kier alpha value is -0.570. The van der Waals surface area contributed by atoms with E-state index in [2.05, 4.69) is 4.84 Å². The molecule has 0 heterocycles. The first-order chi connectivity index (χ1) is 3.27. The quantitative estimate of drug-likeness (QED) is 0.402. The molecule has 0 saturated carbocycles. The lowest BCUT2D eigenvalue weighted by atomic mass is 10.5. The molecule has 41 valence electrons. The van der Waals surface area contributed by atoms with Crippen molar-refractivity contribution in [1.29, 1.82) is 0 Å². The second-order valence-corrected chi connectivity index (χ2v) is 1.37. The van der Waals surface area contributed by atoms with Crippen molar-refractivity contribution in [2.24, 2.45) is 0 Å². The Bertz CT molecular complexity index is 53.7. The average Bonchev–Trinajstić information content (AvgIpc) is 1.61. The lowest BCUT2D eigenvalue weighted by Crippen LogP contribution is -2.16. The van der Waals surface area contributed by atoms with Crippen LogP contribution in [0.25, 0.3) is 0 Å². The molecule has 0 aliphatic carbocycles. The highest BCUT2D eigenvalue weighted by atomic mass is 16.7. The van der Waals surface area contributed by atoms with Crippen LogP contribution < -0.4 is 5.48 Å². The van der Waals surface area contributed by atoms with E-state index in [1.54, 1.807) is 0 Å². The minimum atomic E-state index is 0.0291. The predicted octanol–water partition coefficient (Wildman–Crippen LogP) is -0.0168. The van der Waals surface area contributed by atoms with Crippen molar-refractivity contribution in [3.63, 3.8) is 0 Å². The Balaban J connectivity index is 2.81. The zero-order valence-corrected chi connectivity index (χ0v) is 4.39. The number of hydrogen-bond acceptors (Lipinski definition) is 2. The Morgan fingerprint density at radius 3 is 2.43 bits per heavy atom. The van der Waals surface area contributed by atoms with Crippen molar-refractivity contribution < 1.29 is 9.63 Å². The molecule has 0 rings (SSSR count). The van der Waals surface area contributed by atoms with E-state index in [1.807, 2.05) is 19.3 Å². The fourth-order valence-corrected chi connectivity index (χ4v) is 0.142. The molecule has 0 fully saturated rings. The van der Waals surface area contributed by atoms with Crippen molar-refractivity contribution in [1.82, 2.24) is 5.48 Å². The first kappa shape index (κ1) is 6.43. The van der Waals surface area contributed by atoms with Crippen LogP contribution in [-0.2, 0) is 9.63 Å². The molecular weight excluding hydrogens is 94.0 g/mol. The van der Waals surface area contributed by atoms with Crippen molar-refractivity contribution in [2.75, 3.05) is 0 Å². The lowest BCUT2D eigenvalue weighted by molar-refractivity contribution is 0.0318. The topological polar surface area (TPSA) is 38.3 Å². The van der Waals surface area contributed by atoms with Gasteiger partial charge in [0, 0.05) is 0 Å². The van der Waals surface area contributed by atoms with E-state index in [-0.39, 0.29) is 6.10 Å². The molecule has 0 atom stereocenters. The monoisotopic (exact) mass is 102 g/mol. The third-order valence-corrected chi connectivity index (χ3v) is 0.336. The zero-order valence-electron chi connectivity index (χ0n) is 4.39. The normalized spacial score (nSPS) is 9.00. The number of carbonyl (C=O) groups excluding carboxylic acids is 1. The number of hydrogen-bond donors (Lipinski definition) is 1. The van der Waals surface area contributed by atoms with Gasteiger partial charge in [-0.3, -0.25) is 9.63 Å². The van der Waals surface area contributed by atoms with Gasteiger partial charge < -0.3 is 0 Å². The molecule has 7 heavy (non-hydrogen) atoms. The summed E-state index contributed by atoms with van der Waals surface area (Å²) in [7, 11) is 0. The molecule has 1 N–H and O–H groups in total. The third kappa shape index (κ3) is 5.43. The maximum absolute atomic E-state index is 9.35. The maximum Gasteiger partial charge on any atom is 0.335 e. The van der Waals surface area contributed by atoms with Gasteiger partial charge in [-0.1, -0.05) is 0 Å². The van der Waals surface area contributed by atoms with Crippen LogP contribution >= 0.6 is 0 Å². The molecular formula is C4H8NO2. The molecule has 3 heteroatoms. The van der Waals surface area contributed by atoms with Gasteiger partial charge in [-0.15, -0.1) is 0 Å². The van der Waals surface area contributed by atoms with Crippen LogP contribution in [0.15, 0.2) is 0 Å². The summed E-state index contributed by atoms with van der Waals surface area (Å²) in [5.74, 6) is 0. The molecule has 0 bridgehead atoms. The summed E-state index contributed by atoms with van der Waals surface area (Å²) in [5.41, 5.74) is 1.94. The van der Waals surface area contributed by atoms with E-state index in [4.69, 9.17) is 0 Å². The highest BCUT2D eigenvalue weighted by Crippen LogP contribution is 1.78. The Kier molecular flexibility index (Phi) is 3.32. The van der Waals surface area contributed by atoms with Gasteiger partial charge in [-0.05, 0) is 13.8 Å². The van der Waals surface area contributed by atoms with Crippen molar-refractivity contribution in [3.05, 3.63) is 0 Å². The van der Waals surface area contributed by atoms with Crippen LogP contribution in [0.2, 0.25) is 0 Å². The first-order valence-electron chi connectivity index (χ1n) is 2.05. The van der Waals surface area contributed by atoms with Gasteiger partial charge in [0.2, 0.25) is 0 Å². The van der Waals surface area contributed by atoms with E-state index in [0.717, 1.165) is 0 Å². The van der Waals surface area contributed by atoms with Crippen LogP contribution in [0.4, 0.5) is 0 Å². The molecule has 0 saturated heterocycles. The molecule has 3 nitrogen and oxygen atoms in total. The summed E-state index contributed by atoms with van der Waals surface area (Å²) in [6.07, 6.45) is 1.41. The maximum atomic E-state index is 9.35. The Labute approximate surface area is 42.6 Å². The summed E-state index contributed by atoms with van der Waals surface area (Å²) in [6, 6.07) is 0. The second kappa shape index (κ2) is 3.61. The highest BCUT2D eigenvalue weighted by molar-refractivity contribution is 5.44. The summed E-state index contributed by atoms with van der Waals surface area (Å²) in [6.45, 7) is 3.62. The molecule has 0 aromatic rings. The molecule has 0 unspecified atom stereocenters. The predicted molar refractivity (Wildman–Crippen MR) is 25.1 cm³/mol. The number of amides is 1. The Morgan fingerprint density at radius 2 is 2.29 bits per heavy atom. The fourth-order valence-electron chi connectivity index (χ4n) is 0.142. The van der Waals surface area contributed by atoms with Crippen LogP contribution in [0.3, 0.4) is 0 Å².